The van der Waals surface area contributed by atoms with Gasteiger partial charge in [-0.3, -0.25) is 4.98 Å². The second-order valence-electron chi connectivity index (χ2n) is 5.15. The molecule has 0 saturated carbocycles. The largest absolute Gasteiger partial charge is 0.310 e. The third-order valence-electron chi connectivity index (χ3n) is 3.44. The molecule has 2 heterocycles. The Labute approximate surface area is 123 Å². The van der Waals surface area contributed by atoms with Gasteiger partial charge in [-0.2, -0.15) is 11.3 Å². The average molecular weight is 282 g/mol. The van der Waals surface area contributed by atoms with Crippen LogP contribution in [0, 0.1) is 0 Å². The lowest BCUT2D eigenvalue weighted by atomic mass is 10.1. The maximum atomic E-state index is 4.35. The lowest BCUT2D eigenvalue weighted by Crippen LogP contribution is -2.27. The third kappa shape index (κ3) is 3.24. The Kier molecular flexibility index (Phi) is 4.09. The second-order valence-corrected chi connectivity index (χ2v) is 5.93. The van der Waals surface area contributed by atoms with Crippen molar-refractivity contribution in [3.05, 3.63) is 64.5 Å². The summed E-state index contributed by atoms with van der Waals surface area (Å²) in [7, 11) is 0. The van der Waals surface area contributed by atoms with Crippen LogP contribution in [0.15, 0.2) is 53.4 Å². The molecule has 0 saturated heterocycles. The van der Waals surface area contributed by atoms with Crippen molar-refractivity contribution in [3.8, 4) is 0 Å². The minimum atomic E-state index is 0.481. The zero-order chi connectivity index (χ0) is 13.8. The van der Waals surface area contributed by atoms with E-state index in [0.717, 1.165) is 18.5 Å². The number of thiophene rings is 1. The zero-order valence-corrected chi connectivity index (χ0v) is 12.4. The molecule has 3 rings (SSSR count). The fraction of sp³-hybridized carbons (Fsp3) is 0.235. The van der Waals surface area contributed by atoms with Gasteiger partial charge >= 0.3 is 0 Å². The molecule has 20 heavy (non-hydrogen) atoms. The average Bonchev–Trinajstić information content (AvgIpc) is 2.98. The summed E-state index contributed by atoms with van der Waals surface area (Å²) < 4.78 is 0. The molecule has 102 valence electrons. The fourth-order valence-electron chi connectivity index (χ4n) is 2.36. The zero-order valence-electron chi connectivity index (χ0n) is 11.5. The van der Waals surface area contributed by atoms with Crippen molar-refractivity contribution in [2.75, 3.05) is 0 Å². The number of benzene rings is 1. The molecule has 0 amide bonds. The van der Waals surface area contributed by atoms with E-state index < -0.39 is 0 Å². The molecule has 1 aromatic carbocycles. The summed E-state index contributed by atoms with van der Waals surface area (Å²) in [6.45, 7) is 3.14. The molecule has 1 unspecified atom stereocenters. The van der Waals surface area contributed by atoms with Gasteiger partial charge in [-0.25, -0.2) is 0 Å². The van der Waals surface area contributed by atoms with Gasteiger partial charge in [-0.1, -0.05) is 12.1 Å². The number of hydrogen-bond acceptors (Lipinski definition) is 3. The van der Waals surface area contributed by atoms with Crippen molar-refractivity contribution >= 4 is 22.2 Å². The molecule has 0 radical (unpaired) electrons. The monoisotopic (exact) mass is 282 g/mol. The molecular formula is C17H18N2S. The molecule has 0 spiro atoms. The number of nitrogens with one attached hydrogen (secondary N) is 1. The molecule has 3 heteroatoms. The van der Waals surface area contributed by atoms with E-state index in [1.54, 1.807) is 11.3 Å². The van der Waals surface area contributed by atoms with E-state index in [1.165, 1.54) is 16.5 Å². The molecule has 0 bridgehead atoms. The van der Waals surface area contributed by atoms with E-state index in [1.807, 2.05) is 12.3 Å². The number of pyridine rings is 1. The van der Waals surface area contributed by atoms with Crippen LogP contribution in [0.3, 0.4) is 0 Å². The van der Waals surface area contributed by atoms with Crippen molar-refractivity contribution in [3.63, 3.8) is 0 Å². The van der Waals surface area contributed by atoms with E-state index in [-0.39, 0.29) is 0 Å². The Hall–Kier alpha value is -1.71. The van der Waals surface area contributed by atoms with Gasteiger partial charge in [0, 0.05) is 24.2 Å². The van der Waals surface area contributed by atoms with Gasteiger partial charge in [0.25, 0.3) is 0 Å². The fourth-order valence-corrected chi connectivity index (χ4v) is 3.04. The van der Waals surface area contributed by atoms with Crippen LogP contribution in [0.25, 0.3) is 10.9 Å². The summed E-state index contributed by atoms with van der Waals surface area (Å²) in [6, 6.07) is 13.2. The van der Waals surface area contributed by atoms with Gasteiger partial charge in [0.15, 0.2) is 0 Å². The number of aromatic nitrogens is 1. The molecule has 0 fully saturated rings. The predicted molar refractivity (Wildman–Crippen MR) is 86.1 cm³/mol. The summed E-state index contributed by atoms with van der Waals surface area (Å²) in [5, 5.41) is 9.15. The van der Waals surface area contributed by atoms with Gasteiger partial charge in [0.05, 0.1) is 5.52 Å². The van der Waals surface area contributed by atoms with E-state index in [9.17, 15) is 0 Å². The van der Waals surface area contributed by atoms with Crippen LogP contribution in [0.2, 0.25) is 0 Å². The van der Waals surface area contributed by atoms with Crippen LogP contribution >= 0.6 is 11.3 Å². The maximum Gasteiger partial charge on any atom is 0.0702 e. The van der Waals surface area contributed by atoms with Crippen molar-refractivity contribution in [1.82, 2.24) is 10.3 Å². The highest BCUT2D eigenvalue weighted by molar-refractivity contribution is 7.07. The van der Waals surface area contributed by atoms with Crippen LogP contribution in [0.4, 0.5) is 0 Å². The number of fused-ring (bicyclic) bond motifs is 1. The lowest BCUT2D eigenvalue weighted by Gasteiger charge is -2.13. The maximum absolute atomic E-state index is 4.35. The molecule has 0 aliphatic carbocycles. The normalized spacial score (nSPS) is 12.7. The smallest absolute Gasteiger partial charge is 0.0702 e. The van der Waals surface area contributed by atoms with Gasteiger partial charge in [-0.05, 0) is 59.5 Å². The van der Waals surface area contributed by atoms with Crippen molar-refractivity contribution in [2.24, 2.45) is 0 Å². The highest BCUT2D eigenvalue weighted by Gasteiger charge is 2.04. The van der Waals surface area contributed by atoms with E-state index >= 15 is 0 Å². The Morgan fingerprint density at radius 3 is 3.00 bits per heavy atom. The predicted octanol–water partition coefficient (Wildman–Crippen LogP) is 4.02. The highest BCUT2D eigenvalue weighted by atomic mass is 32.1. The summed E-state index contributed by atoms with van der Waals surface area (Å²) in [5.41, 5.74) is 3.78. The summed E-state index contributed by atoms with van der Waals surface area (Å²) in [6.07, 6.45) is 2.92. The van der Waals surface area contributed by atoms with Crippen molar-refractivity contribution in [2.45, 2.75) is 25.9 Å². The highest BCUT2D eigenvalue weighted by Crippen LogP contribution is 2.14. The molecule has 2 nitrogen and oxygen atoms in total. The molecule has 1 atom stereocenters. The minimum Gasteiger partial charge on any atom is -0.310 e. The summed E-state index contributed by atoms with van der Waals surface area (Å²) in [5.74, 6) is 0. The number of nitrogens with zero attached hydrogens (tertiary/aromatic N) is 1. The molecule has 0 aliphatic rings. The van der Waals surface area contributed by atoms with Crippen molar-refractivity contribution < 1.29 is 0 Å². The van der Waals surface area contributed by atoms with Crippen LogP contribution < -0.4 is 5.32 Å². The lowest BCUT2D eigenvalue weighted by molar-refractivity contribution is 0.546. The molecule has 2 aromatic heterocycles. The first-order chi connectivity index (χ1) is 9.81. The third-order valence-corrected chi connectivity index (χ3v) is 4.18. The van der Waals surface area contributed by atoms with Crippen LogP contribution in [-0.4, -0.2) is 11.0 Å². The first-order valence-corrected chi connectivity index (χ1v) is 7.84. The van der Waals surface area contributed by atoms with Gasteiger partial charge in [0.1, 0.15) is 0 Å². The van der Waals surface area contributed by atoms with Crippen LogP contribution in [-0.2, 0) is 13.0 Å². The molecule has 1 N–H and O–H groups in total. The molecule has 3 aromatic rings. The van der Waals surface area contributed by atoms with E-state index in [4.69, 9.17) is 0 Å². The van der Waals surface area contributed by atoms with Gasteiger partial charge in [0.2, 0.25) is 0 Å². The first kappa shape index (κ1) is 13.3. The second kappa shape index (κ2) is 6.16. The van der Waals surface area contributed by atoms with Crippen LogP contribution in [0.1, 0.15) is 18.1 Å². The Morgan fingerprint density at radius 2 is 2.15 bits per heavy atom. The van der Waals surface area contributed by atoms with Crippen LogP contribution in [0.5, 0.6) is 0 Å². The van der Waals surface area contributed by atoms with Crippen molar-refractivity contribution in [1.29, 1.82) is 0 Å². The van der Waals surface area contributed by atoms with E-state index in [2.05, 4.69) is 58.3 Å². The quantitative estimate of drug-likeness (QED) is 0.764. The van der Waals surface area contributed by atoms with Gasteiger partial charge < -0.3 is 5.32 Å². The topological polar surface area (TPSA) is 24.9 Å². The first-order valence-electron chi connectivity index (χ1n) is 6.89. The molecular weight excluding hydrogens is 264 g/mol. The van der Waals surface area contributed by atoms with E-state index in [0.29, 0.717) is 6.04 Å². The SMILES string of the molecule is CC(Cc1ccsc1)NCc1ccc2ncccc2c1. The Bertz CT molecular complexity index is 676. The number of hydrogen-bond donors (Lipinski definition) is 1. The summed E-state index contributed by atoms with van der Waals surface area (Å²) in [4.78, 5) is 4.35. The number of rotatable bonds is 5. The summed E-state index contributed by atoms with van der Waals surface area (Å²) >= 11 is 1.76. The standard InChI is InChI=1S/C17H18N2S/c1-13(9-15-6-8-20-12-15)19-11-14-4-5-17-16(10-14)3-2-7-18-17/h2-8,10,12-13,19H,9,11H2,1H3. The Morgan fingerprint density at radius 1 is 1.20 bits per heavy atom. The molecule has 0 aliphatic heterocycles. The Balaban J connectivity index is 1.61. The minimum absolute atomic E-state index is 0.481. The van der Waals surface area contributed by atoms with Gasteiger partial charge in [-0.15, -0.1) is 0 Å².